The second kappa shape index (κ2) is 6.95. The van der Waals surface area contributed by atoms with Crippen molar-refractivity contribution in [1.82, 2.24) is 10.3 Å². The summed E-state index contributed by atoms with van der Waals surface area (Å²) in [5.74, 6) is 0.405. The molecule has 0 spiro atoms. The van der Waals surface area contributed by atoms with Gasteiger partial charge >= 0.3 is 0 Å². The highest BCUT2D eigenvalue weighted by atomic mass is 16.6. The molecule has 0 radical (unpaired) electrons. The van der Waals surface area contributed by atoms with Gasteiger partial charge in [-0.15, -0.1) is 0 Å². The summed E-state index contributed by atoms with van der Waals surface area (Å²) in [7, 11) is 0. The highest BCUT2D eigenvalue weighted by molar-refractivity contribution is 5.47. The molecule has 0 aliphatic carbocycles. The summed E-state index contributed by atoms with van der Waals surface area (Å²) in [6, 6.07) is 0. The third-order valence-electron chi connectivity index (χ3n) is 3.40. The van der Waals surface area contributed by atoms with Crippen molar-refractivity contribution in [3.8, 4) is 0 Å². The van der Waals surface area contributed by atoms with E-state index in [9.17, 15) is 15.2 Å². The van der Waals surface area contributed by atoms with Gasteiger partial charge in [-0.1, -0.05) is 13.8 Å². The predicted octanol–water partition coefficient (Wildman–Crippen LogP) is 2.49. The predicted molar refractivity (Wildman–Crippen MR) is 82.2 cm³/mol. The minimum Gasteiger partial charge on any atom is -0.389 e. The molecule has 6 heteroatoms. The summed E-state index contributed by atoms with van der Waals surface area (Å²) in [4.78, 5) is 14.9. The lowest BCUT2D eigenvalue weighted by atomic mass is 9.94. The maximum Gasteiger partial charge on any atom is 0.278 e. The maximum absolute atomic E-state index is 11.1. The minimum atomic E-state index is -0.793. The zero-order chi connectivity index (χ0) is 16.2. The third-order valence-corrected chi connectivity index (χ3v) is 3.40. The number of nitrogens with zero attached hydrogens (tertiary/aromatic N) is 2. The van der Waals surface area contributed by atoms with E-state index in [1.165, 1.54) is 6.20 Å². The van der Waals surface area contributed by atoms with Crippen LogP contribution in [0.3, 0.4) is 0 Å². The Morgan fingerprint density at radius 1 is 1.48 bits per heavy atom. The lowest BCUT2D eigenvalue weighted by molar-refractivity contribution is -0.386. The highest BCUT2D eigenvalue weighted by Gasteiger charge is 2.22. The molecule has 1 heterocycles. The van der Waals surface area contributed by atoms with Crippen LogP contribution in [-0.4, -0.2) is 27.2 Å². The number of nitro groups is 1. The van der Waals surface area contributed by atoms with E-state index in [0.717, 1.165) is 0 Å². The monoisotopic (exact) mass is 295 g/mol. The van der Waals surface area contributed by atoms with Crippen LogP contribution in [0, 0.1) is 29.9 Å². The number of aryl methyl sites for hydroxylation is 1. The molecule has 0 aliphatic rings. The van der Waals surface area contributed by atoms with Gasteiger partial charge in [0.25, 0.3) is 5.69 Å². The number of aliphatic hydroxyl groups is 1. The van der Waals surface area contributed by atoms with E-state index in [0.29, 0.717) is 42.2 Å². The first-order valence-electron chi connectivity index (χ1n) is 7.16. The van der Waals surface area contributed by atoms with Crippen LogP contribution < -0.4 is 5.32 Å². The van der Waals surface area contributed by atoms with Crippen molar-refractivity contribution >= 4 is 5.69 Å². The maximum atomic E-state index is 11.1. The molecule has 118 valence electrons. The van der Waals surface area contributed by atoms with E-state index in [1.807, 2.05) is 0 Å². The van der Waals surface area contributed by atoms with Gasteiger partial charge < -0.3 is 10.4 Å². The molecule has 1 atom stereocenters. The topological polar surface area (TPSA) is 88.3 Å². The van der Waals surface area contributed by atoms with Gasteiger partial charge in [-0.25, -0.2) is 0 Å². The van der Waals surface area contributed by atoms with Gasteiger partial charge in [-0.2, -0.15) is 0 Å². The van der Waals surface area contributed by atoms with Gasteiger partial charge in [0.05, 0.1) is 16.2 Å². The van der Waals surface area contributed by atoms with Gasteiger partial charge in [-0.3, -0.25) is 15.1 Å². The summed E-state index contributed by atoms with van der Waals surface area (Å²) in [6.07, 6.45) is 2.22. The van der Waals surface area contributed by atoms with Crippen molar-refractivity contribution in [2.75, 3.05) is 6.54 Å². The van der Waals surface area contributed by atoms with E-state index in [1.54, 1.807) is 20.8 Å². The van der Waals surface area contributed by atoms with Gasteiger partial charge in [0.1, 0.15) is 0 Å². The molecule has 6 nitrogen and oxygen atoms in total. The van der Waals surface area contributed by atoms with Crippen LogP contribution in [0.1, 0.15) is 44.0 Å². The van der Waals surface area contributed by atoms with Crippen molar-refractivity contribution in [3.63, 3.8) is 0 Å². The Bertz CT molecular complexity index is 513. The Hall–Kier alpha value is -1.53. The molecule has 1 unspecified atom stereocenters. The van der Waals surface area contributed by atoms with Crippen LogP contribution in [0.25, 0.3) is 0 Å². The Labute approximate surface area is 125 Å². The zero-order valence-corrected chi connectivity index (χ0v) is 13.4. The average Bonchev–Trinajstić information content (AvgIpc) is 2.29. The summed E-state index contributed by atoms with van der Waals surface area (Å²) in [5, 5.41) is 24.4. The summed E-state index contributed by atoms with van der Waals surface area (Å²) < 4.78 is 0. The van der Waals surface area contributed by atoms with Crippen LogP contribution >= 0.6 is 0 Å². The van der Waals surface area contributed by atoms with Crippen LogP contribution in [0.2, 0.25) is 0 Å². The largest absolute Gasteiger partial charge is 0.389 e. The van der Waals surface area contributed by atoms with E-state index >= 15 is 0 Å². The van der Waals surface area contributed by atoms with Crippen molar-refractivity contribution in [2.45, 2.75) is 53.2 Å². The zero-order valence-electron chi connectivity index (χ0n) is 13.4. The van der Waals surface area contributed by atoms with Gasteiger partial charge in [0, 0.05) is 30.4 Å². The van der Waals surface area contributed by atoms with E-state index in [2.05, 4.69) is 24.1 Å². The SMILES string of the molecule is Cc1cnc(CNCC(C)(O)CC(C)C)c(C)c1[N+](=O)[O-]. The smallest absolute Gasteiger partial charge is 0.278 e. The molecular weight excluding hydrogens is 270 g/mol. The first-order chi connectivity index (χ1) is 9.64. The fourth-order valence-corrected chi connectivity index (χ4v) is 2.63. The summed E-state index contributed by atoms with van der Waals surface area (Å²) in [5.41, 5.74) is 1.12. The first kappa shape index (κ1) is 17.5. The summed E-state index contributed by atoms with van der Waals surface area (Å²) in [6.45, 7) is 10.1. The Morgan fingerprint density at radius 2 is 2.10 bits per heavy atom. The molecule has 1 aromatic heterocycles. The normalized spacial score (nSPS) is 14.2. The fourth-order valence-electron chi connectivity index (χ4n) is 2.63. The van der Waals surface area contributed by atoms with E-state index in [-0.39, 0.29) is 10.6 Å². The Balaban J connectivity index is 2.73. The second-order valence-electron chi connectivity index (χ2n) is 6.32. The number of aromatic nitrogens is 1. The van der Waals surface area contributed by atoms with Crippen LogP contribution in [-0.2, 0) is 6.54 Å². The molecule has 21 heavy (non-hydrogen) atoms. The molecule has 1 rings (SSSR count). The van der Waals surface area contributed by atoms with Crippen molar-refractivity contribution in [1.29, 1.82) is 0 Å². The minimum absolute atomic E-state index is 0.121. The highest BCUT2D eigenvalue weighted by Crippen LogP contribution is 2.24. The van der Waals surface area contributed by atoms with E-state index < -0.39 is 5.60 Å². The van der Waals surface area contributed by atoms with Crippen molar-refractivity contribution < 1.29 is 10.0 Å². The number of rotatable bonds is 7. The molecule has 0 bridgehead atoms. The number of pyridine rings is 1. The molecular formula is C15H25N3O3. The molecule has 0 saturated heterocycles. The molecule has 2 N–H and O–H groups in total. The molecule has 0 fully saturated rings. The Kier molecular flexibility index (Phi) is 5.80. The second-order valence-corrected chi connectivity index (χ2v) is 6.32. The number of hydrogen-bond acceptors (Lipinski definition) is 5. The van der Waals surface area contributed by atoms with Crippen molar-refractivity contribution in [2.24, 2.45) is 5.92 Å². The van der Waals surface area contributed by atoms with Crippen LogP contribution in [0.15, 0.2) is 6.20 Å². The van der Waals surface area contributed by atoms with Crippen LogP contribution in [0.4, 0.5) is 5.69 Å². The Morgan fingerprint density at radius 3 is 2.62 bits per heavy atom. The van der Waals surface area contributed by atoms with Gasteiger partial charge in [0.15, 0.2) is 0 Å². The quantitative estimate of drug-likeness (QED) is 0.596. The average molecular weight is 295 g/mol. The van der Waals surface area contributed by atoms with Crippen molar-refractivity contribution in [3.05, 3.63) is 33.1 Å². The molecule has 0 aliphatic heterocycles. The van der Waals surface area contributed by atoms with Gasteiger partial charge in [-0.05, 0) is 33.1 Å². The third kappa shape index (κ3) is 5.06. The standard InChI is InChI=1S/C15H25N3O3/c1-10(2)6-15(5,19)9-16-8-13-12(4)14(18(20)21)11(3)7-17-13/h7,10,16,19H,6,8-9H2,1-5H3. The molecule has 0 saturated carbocycles. The number of hydrogen-bond donors (Lipinski definition) is 2. The summed E-state index contributed by atoms with van der Waals surface area (Å²) >= 11 is 0. The van der Waals surface area contributed by atoms with E-state index in [4.69, 9.17) is 0 Å². The fraction of sp³-hybridized carbons (Fsp3) is 0.667. The molecule has 0 aromatic carbocycles. The first-order valence-corrected chi connectivity index (χ1v) is 7.16. The molecule has 1 aromatic rings. The lowest BCUT2D eigenvalue weighted by Crippen LogP contribution is -2.38. The molecule has 0 amide bonds. The van der Waals surface area contributed by atoms with Gasteiger partial charge in [0.2, 0.25) is 0 Å². The number of nitrogens with one attached hydrogen (secondary N) is 1. The lowest BCUT2D eigenvalue weighted by Gasteiger charge is -2.25. The van der Waals surface area contributed by atoms with Crippen LogP contribution in [0.5, 0.6) is 0 Å².